The number of methoxy groups -OCH3 is 1. The Bertz CT molecular complexity index is 596. The number of nitro groups is 1. The van der Waals surface area contributed by atoms with Crippen LogP contribution in [-0.4, -0.2) is 44.8 Å². The SMILES string of the molecule is COCC(CCO)NS(=O)(=O)c1ccc(C)c([N+](=O)[O-])c1. The van der Waals surface area contributed by atoms with Crippen molar-refractivity contribution in [1.82, 2.24) is 4.72 Å². The van der Waals surface area contributed by atoms with Gasteiger partial charge in [0.25, 0.3) is 5.69 Å². The van der Waals surface area contributed by atoms with Crippen molar-refractivity contribution in [3.8, 4) is 0 Å². The van der Waals surface area contributed by atoms with Crippen molar-refractivity contribution in [2.75, 3.05) is 20.3 Å². The average molecular weight is 318 g/mol. The van der Waals surface area contributed by atoms with Crippen LogP contribution in [0.2, 0.25) is 0 Å². The van der Waals surface area contributed by atoms with Gasteiger partial charge in [-0.1, -0.05) is 6.07 Å². The molecule has 0 aromatic heterocycles. The van der Waals surface area contributed by atoms with Crippen molar-refractivity contribution in [2.24, 2.45) is 0 Å². The van der Waals surface area contributed by atoms with Crippen LogP contribution in [0.3, 0.4) is 0 Å². The molecule has 118 valence electrons. The molecule has 1 aromatic carbocycles. The lowest BCUT2D eigenvalue weighted by Crippen LogP contribution is -2.38. The number of nitrogens with zero attached hydrogens (tertiary/aromatic N) is 1. The third kappa shape index (κ3) is 4.74. The average Bonchev–Trinajstić information content (AvgIpc) is 2.38. The Kier molecular flexibility index (Phi) is 6.21. The summed E-state index contributed by atoms with van der Waals surface area (Å²) in [5.41, 5.74) is 0.117. The first-order valence-electron chi connectivity index (χ1n) is 6.19. The Morgan fingerprint density at radius 2 is 2.14 bits per heavy atom. The third-order valence-corrected chi connectivity index (χ3v) is 4.37. The molecule has 0 aliphatic heterocycles. The first kappa shape index (κ1) is 17.5. The summed E-state index contributed by atoms with van der Waals surface area (Å²) in [6.07, 6.45) is 0.182. The Labute approximate surface area is 122 Å². The highest BCUT2D eigenvalue weighted by Crippen LogP contribution is 2.22. The standard InChI is InChI=1S/C12H18N2O6S/c1-9-3-4-11(7-12(9)14(16)17)21(18,19)13-10(5-6-15)8-20-2/h3-4,7,10,13,15H,5-6,8H2,1-2H3. The van der Waals surface area contributed by atoms with Gasteiger partial charge in [0.15, 0.2) is 0 Å². The topological polar surface area (TPSA) is 119 Å². The van der Waals surface area contributed by atoms with Gasteiger partial charge in [-0.05, 0) is 19.4 Å². The first-order chi connectivity index (χ1) is 9.81. The van der Waals surface area contributed by atoms with Crippen LogP contribution < -0.4 is 4.72 Å². The van der Waals surface area contributed by atoms with Crippen LogP contribution in [0, 0.1) is 17.0 Å². The van der Waals surface area contributed by atoms with Crippen LogP contribution in [0.4, 0.5) is 5.69 Å². The zero-order valence-corrected chi connectivity index (χ0v) is 12.6. The molecule has 1 unspecified atom stereocenters. The summed E-state index contributed by atoms with van der Waals surface area (Å²) in [6.45, 7) is 1.42. The number of benzene rings is 1. The Balaban J connectivity index is 3.07. The van der Waals surface area contributed by atoms with E-state index in [1.54, 1.807) is 0 Å². The summed E-state index contributed by atoms with van der Waals surface area (Å²) in [6, 6.07) is 3.09. The first-order valence-corrected chi connectivity index (χ1v) is 7.67. The number of aryl methyl sites for hydroxylation is 1. The van der Waals surface area contributed by atoms with Gasteiger partial charge in [0.1, 0.15) is 0 Å². The van der Waals surface area contributed by atoms with Crippen molar-refractivity contribution < 1.29 is 23.2 Å². The van der Waals surface area contributed by atoms with E-state index < -0.39 is 21.0 Å². The highest BCUT2D eigenvalue weighted by atomic mass is 32.2. The zero-order chi connectivity index (χ0) is 16.0. The highest BCUT2D eigenvalue weighted by molar-refractivity contribution is 7.89. The predicted molar refractivity (Wildman–Crippen MR) is 75.5 cm³/mol. The minimum Gasteiger partial charge on any atom is -0.396 e. The van der Waals surface area contributed by atoms with Gasteiger partial charge < -0.3 is 9.84 Å². The number of aliphatic hydroxyl groups is 1. The summed E-state index contributed by atoms with van der Waals surface area (Å²) in [5.74, 6) is 0. The normalized spacial score (nSPS) is 13.1. The summed E-state index contributed by atoms with van der Waals surface area (Å²) < 4.78 is 31.6. The molecule has 0 aliphatic rings. The second-order valence-electron chi connectivity index (χ2n) is 4.49. The Morgan fingerprint density at radius 3 is 2.67 bits per heavy atom. The molecule has 9 heteroatoms. The molecule has 1 aromatic rings. The maximum Gasteiger partial charge on any atom is 0.273 e. The van der Waals surface area contributed by atoms with Crippen molar-refractivity contribution in [3.63, 3.8) is 0 Å². The van der Waals surface area contributed by atoms with Gasteiger partial charge in [0.2, 0.25) is 10.0 Å². The predicted octanol–water partition coefficient (Wildman–Crippen LogP) is 0.579. The van der Waals surface area contributed by atoms with E-state index in [2.05, 4.69) is 4.72 Å². The molecule has 0 spiro atoms. The fourth-order valence-electron chi connectivity index (χ4n) is 1.77. The molecule has 21 heavy (non-hydrogen) atoms. The summed E-state index contributed by atoms with van der Waals surface area (Å²) >= 11 is 0. The number of hydrogen-bond acceptors (Lipinski definition) is 6. The van der Waals surface area contributed by atoms with Crippen LogP contribution in [0.25, 0.3) is 0 Å². The van der Waals surface area contributed by atoms with Gasteiger partial charge in [0.05, 0.1) is 16.4 Å². The number of nitro benzene ring substituents is 1. The largest absolute Gasteiger partial charge is 0.396 e. The smallest absolute Gasteiger partial charge is 0.273 e. The van der Waals surface area contributed by atoms with Crippen molar-refractivity contribution in [3.05, 3.63) is 33.9 Å². The van der Waals surface area contributed by atoms with Crippen LogP contribution in [0.15, 0.2) is 23.1 Å². The summed E-state index contributed by atoms with van der Waals surface area (Å²) in [5, 5.41) is 19.8. The molecule has 2 N–H and O–H groups in total. The Morgan fingerprint density at radius 1 is 1.48 bits per heavy atom. The van der Waals surface area contributed by atoms with Crippen LogP contribution >= 0.6 is 0 Å². The van der Waals surface area contributed by atoms with E-state index in [0.717, 1.165) is 6.07 Å². The molecule has 8 nitrogen and oxygen atoms in total. The van der Waals surface area contributed by atoms with E-state index in [-0.39, 0.29) is 30.2 Å². The molecule has 0 amide bonds. The van der Waals surface area contributed by atoms with E-state index in [1.807, 2.05) is 0 Å². The number of nitrogens with one attached hydrogen (secondary N) is 1. The molecule has 1 rings (SSSR count). The van der Waals surface area contributed by atoms with Gasteiger partial charge in [-0.25, -0.2) is 13.1 Å². The zero-order valence-electron chi connectivity index (χ0n) is 11.8. The number of sulfonamides is 1. The van der Waals surface area contributed by atoms with Crippen molar-refractivity contribution in [1.29, 1.82) is 0 Å². The number of ether oxygens (including phenoxy) is 1. The number of rotatable bonds is 8. The second-order valence-corrected chi connectivity index (χ2v) is 6.21. The molecule has 0 saturated carbocycles. The molecule has 0 fully saturated rings. The molecular weight excluding hydrogens is 300 g/mol. The number of aliphatic hydroxyl groups excluding tert-OH is 1. The maximum absolute atomic E-state index is 12.2. The van der Waals surface area contributed by atoms with E-state index in [0.29, 0.717) is 5.56 Å². The van der Waals surface area contributed by atoms with E-state index in [1.165, 1.54) is 26.2 Å². The molecular formula is C12H18N2O6S. The molecule has 0 radical (unpaired) electrons. The lowest BCUT2D eigenvalue weighted by atomic mass is 10.2. The fourth-order valence-corrected chi connectivity index (χ4v) is 3.05. The lowest BCUT2D eigenvalue weighted by Gasteiger charge is -2.17. The maximum atomic E-state index is 12.2. The molecule has 0 saturated heterocycles. The molecule has 0 heterocycles. The summed E-state index contributed by atoms with van der Waals surface area (Å²) in [4.78, 5) is 10.0. The second kappa shape index (κ2) is 7.46. The van der Waals surface area contributed by atoms with Gasteiger partial charge in [-0.15, -0.1) is 0 Å². The van der Waals surface area contributed by atoms with E-state index in [9.17, 15) is 18.5 Å². The molecule has 0 aliphatic carbocycles. The quantitative estimate of drug-likeness (QED) is 0.534. The van der Waals surface area contributed by atoms with Gasteiger partial charge in [-0.2, -0.15) is 0 Å². The van der Waals surface area contributed by atoms with E-state index >= 15 is 0 Å². The van der Waals surface area contributed by atoms with Crippen LogP contribution in [-0.2, 0) is 14.8 Å². The monoisotopic (exact) mass is 318 g/mol. The molecule has 0 bridgehead atoms. The van der Waals surface area contributed by atoms with Crippen molar-refractivity contribution >= 4 is 15.7 Å². The highest BCUT2D eigenvalue weighted by Gasteiger charge is 2.23. The van der Waals surface area contributed by atoms with Gasteiger partial charge >= 0.3 is 0 Å². The molecule has 1 atom stereocenters. The minimum absolute atomic E-state index is 0.0910. The van der Waals surface area contributed by atoms with Crippen molar-refractivity contribution in [2.45, 2.75) is 24.3 Å². The third-order valence-electron chi connectivity index (χ3n) is 2.85. The summed E-state index contributed by atoms with van der Waals surface area (Å²) in [7, 11) is -2.51. The van der Waals surface area contributed by atoms with Crippen LogP contribution in [0.1, 0.15) is 12.0 Å². The van der Waals surface area contributed by atoms with Gasteiger partial charge in [-0.3, -0.25) is 10.1 Å². The van der Waals surface area contributed by atoms with E-state index in [4.69, 9.17) is 9.84 Å². The van der Waals surface area contributed by atoms with Crippen LogP contribution in [0.5, 0.6) is 0 Å². The minimum atomic E-state index is -3.92. The number of hydrogen-bond donors (Lipinski definition) is 2. The lowest BCUT2D eigenvalue weighted by molar-refractivity contribution is -0.385. The fraction of sp³-hybridized carbons (Fsp3) is 0.500. The van der Waals surface area contributed by atoms with Gasteiger partial charge in [0, 0.05) is 31.4 Å². The Hall–Kier alpha value is -1.55.